The summed E-state index contributed by atoms with van der Waals surface area (Å²) < 4.78 is 2.00. The maximum absolute atomic E-state index is 5.60. The number of hydrogen-bond acceptors (Lipinski definition) is 4. The highest BCUT2D eigenvalue weighted by Gasteiger charge is 2.01. The van der Waals surface area contributed by atoms with Crippen molar-refractivity contribution in [2.75, 3.05) is 5.73 Å². The van der Waals surface area contributed by atoms with Crippen LogP contribution in [0.4, 0.5) is 5.82 Å². The monoisotopic (exact) mass is 220 g/mol. The largest absolute Gasteiger partial charge is 0.384 e. The molecule has 2 rings (SSSR count). The molecule has 0 aliphatic rings. The minimum Gasteiger partial charge on any atom is -0.384 e. The van der Waals surface area contributed by atoms with Crippen LogP contribution >= 0.6 is 11.8 Å². The average Bonchev–Trinajstić information content (AvgIpc) is 2.61. The molecule has 78 valence electrons. The zero-order valence-corrected chi connectivity index (χ0v) is 9.24. The van der Waals surface area contributed by atoms with Crippen LogP contribution in [-0.2, 0) is 12.8 Å². The Morgan fingerprint density at radius 1 is 1.40 bits per heavy atom. The van der Waals surface area contributed by atoms with Crippen molar-refractivity contribution in [3.63, 3.8) is 0 Å². The van der Waals surface area contributed by atoms with Crippen molar-refractivity contribution in [2.24, 2.45) is 7.05 Å². The lowest BCUT2D eigenvalue weighted by Crippen LogP contribution is -1.92. The molecule has 2 aromatic rings. The predicted molar refractivity (Wildman–Crippen MR) is 61.4 cm³/mol. The van der Waals surface area contributed by atoms with Crippen LogP contribution in [0, 0.1) is 0 Å². The fourth-order valence-electron chi connectivity index (χ4n) is 1.22. The normalized spacial score (nSPS) is 10.5. The Bertz CT molecular complexity index is 452. The Kier molecular flexibility index (Phi) is 2.91. The quantitative estimate of drug-likeness (QED) is 0.800. The van der Waals surface area contributed by atoms with Gasteiger partial charge >= 0.3 is 0 Å². The van der Waals surface area contributed by atoms with Crippen LogP contribution < -0.4 is 5.73 Å². The van der Waals surface area contributed by atoms with E-state index in [1.807, 2.05) is 29.9 Å². The van der Waals surface area contributed by atoms with Crippen LogP contribution in [0.5, 0.6) is 0 Å². The van der Waals surface area contributed by atoms with Gasteiger partial charge in [0.05, 0.1) is 0 Å². The molecular formula is C10H12N4S. The fourth-order valence-corrected chi connectivity index (χ4v) is 2.10. The topological polar surface area (TPSA) is 56.7 Å². The number of nitrogens with zero attached hydrogens (tertiary/aromatic N) is 3. The molecule has 0 saturated heterocycles. The summed E-state index contributed by atoms with van der Waals surface area (Å²) >= 11 is 1.68. The highest BCUT2D eigenvalue weighted by atomic mass is 32.2. The number of aryl methyl sites for hydroxylation is 1. The summed E-state index contributed by atoms with van der Waals surface area (Å²) in [7, 11) is 1.98. The number of hydrogen-bond donors (Lipinski definition) is 1. The Morgan fingerprint density at radius 3 is 2.93 bits per heavy atom. The second kappa shape index (κ2) is 4.35. The molecule has 0 atom stereocenters. The lowest BCUT2D eigenvalue weighted by molar-refractivity contribution is 0.790. The molecule has 0 bridgehead atoms. The van der Waals surface area contributed by atoms with E-state index < -0.39 is 0 Å². The lowest BCUT2D eigenvalue weighted by Gasteiger charge is -2.02. The first-order chi connectivity index (χ1) is 7.25. The van der Waals surface area contributed by atoms with Crippen molar-refractivity contribution in [2.45, 2.75) is 10.9 Å². The molecule has 15 heavy (non-hydrogen) atoms. The summed E-state index contributed by atoms with van der Waals surface area (Å²) in [6, 6.07) is 3.85. The van der Waals surface area contributed by atoms with Gasteiger partial charge in [-0.15, -0.1) is 0 Å². The number of imidazole rings is 1. The molecule has 0 aromatic carbocycles. The van der Waals surface area contributed by atoms with E-state index in [-0.39, 0.29) is 0 Å². The molecule has 4 nitrogen and oxygen atoms in total. The van der Waals surface area contributed by atoms with Crippen molar-refractivity contribution in [1.82, 2.24) is 14.5 Å². The number of nitrogen functional groups attached to an aromatic ring is 1. The van der Waals surface area contributed by atoms with E-state index in [1.165, 1.54) is 0 Å². The van der Waals surface area contributed by atoms with E-state index in [1.54, 1.807) is 24.2 Å². The smallest absolute Gasteiger partial charge is 0.167 e. The maximum atomic E-state index is 5.60. The summed E-state index contributed by atoms with van der Waals surface area (Å²) in [5.74, 6) is 1.42. The highest BCUT2D eigenvalue weighted by Crippen LogP contribution is 2.20. The summed E-state index contributed by atoms with van der Waals surface area (Å²) in [5, 5.41) is 1.00. The minimum absolute atomic E-state index is 0.563. The molecular weight excluding hydrogens is 208 g/mol. The lowest BCUT2D eigenvalue weighted by atomic mass is 10.3. The molecule has 0 radical (unpaired) electrons. The van der Waals surface area contributed by atoms with Crippen LogP contribution in [0.2, 0.25) is 0 Å². The first-order valence-electron chi connectivity index (χ1n) is 4.56. The highest BCUT2D eigenvalue weighted by molar-refractivity contribution is 7.98. The zero-order valence-electron chi connectivity index (χ0n) is 8.42. The summed E-state index contributed by atoms with van der Waals surface area (Å²) in [5.41, 5.74) is 6.76. The summed E-state index contributed by atoms with van der Waals surface area (Å²) in [6.45, 7) is 0. The number of rotatable bonds is 3. The Hall–Kier alpha value is -1.49. The van der Waals surface area contributed by atoms with Crippen LogP contribution in [0.25, 0.3) is 0 Å². The maximum Gasteiger partial charge on any atom is 0.167 e. The van der Waals surface area contributed by atoms with Gasteiger partial charge in [-0.25, -0.2) is 9.97 Å². The van der Waals surface area contributed by atoms with Crippen LogP contribution in [-0.4, -0.2) is 14.5 Å². The van der Waals surface area contributed by atoms with Gasteiger partial charge in [0.15, 0.2) is 5.16 Å². The Morgan fingerprint density at radius 2 is 2.27 bits per heavy atom. The van der Waals surface area contributed by atoms with E-state index in [0.717, 1.165) is 16.5 Å². The molecule has 2 N–H and O–H groups in total. The standard InChI is InChI=1S/C10H12N4S/c1-14-5-4-13-10(14)15-7-8-2-3-12-9(11)6-8/h2-6H,7H2,1H3,(H2,11,12). The molecule has 0 fully saturated rings. The van der Waals surface area contributed by atoms with E-state index in [9.17, 15) is 0 Å². The van der Waals surface area contributed by atoms with Gasteiger partial charge in [-0.3, -0.25) is 0 Å². The summed E-state index contributed by atoms with van der Waals surface area (Å²) in [4.78, 5) is 8.18. The number of aromatic nitrogens is 3. The zero-order chi connectivity index (χ0) is 10.7. The molecule has 5 heteroatoms. The van der Waals surface area contributed by atoms with Gasteiger partial charge in [-0.1, -0.05) is 11.8 Å². The van der Waals surface area contributed by atoms with E-state index in [2.05, 4.69) is 9.97 Å². The first-order valence-corrected chi connectivity index (χ1v) is 5.55. The molecule has 0 aliphatic heterocycles. The number of nitrogens with two attached hydrogens (primary N) is 1. The van der Waals surface area contributed by atoms with Gasteiger partial charge in [-0.05, 0) is 17.7 Å². The average molecular weight is 220 g/mol. The fraction of sp³-hybridized carbons (Fsp3) is 0.200. The third kappa shape index (κ3) is 2.50. The van der Waals surface area contributed by atoms with Crippen molar-refractivity contribution in [3.8, 4) is 0 Å². The molecule has 0 amide bonds. The van der Waals surface area contributed by atoms with Gasteiger partial charge in [0.2, 0.25) is 0 Å². The van der Waals surface area contributed by atoms with Crippen molar-refractivity contribution in [3.05, 3.63) is 36.3 Å². The predicted octanol–water partition coefficient (Wildman–Crippen LogP) is 1.69. The SMILES string of the molecule is Cn1ccnc1SCc1ccnc(N)c1. The number of thioether (sulfide) groups is 1. The third-order valence-electron chi connectivity index (χ3n) is 1.99. The van der Waals surface area contributed by atoms with Gasteiger partial charge in [0.1, 0.15) is 5.82 Å². The number of anilines is 1. The minimum atomic E-state index is 0.563. The van der Waals surface area contributed by atoms with Crippen molar-refractivity contribution < 1.29 is 0 Å². The van der Waals surface area contributed by atoms with Crippen LogP contribution in [0.1, 0.15) is 5.56 Å². The first kappa shape index (κ1) is 10.0. The molecule has 0 unspecified atom stereocenters. The Labute approximate surface area is 92.5 Å². The third-order valence-corrected chi connectivity index (χ3v) is 3.12. The van der Waals surface area contributed by atoms with Crippen molar-refractivity contribution in [1.29, 1.82) is 0 Å². The second-order valence-electron chi connectivity index (χ2n) is 3.20. The van der Waals surface area contributed by atoms with E-state index in [0.29, 0.717) is 5.82 Å². The molecule has 0 aliphatic carbocycles. The van der Waals surface area contributed by atoms with Crippen LogP contribution in [0.15, 0.2) is 35.9 Å². The Balaban J connectivity index is 2.02. The molecule has 2 aromatic heterocycles. The molecule has 0 spiro atoms. The molecule has 2 heterocycles. The van der Waals surface area contributed by atoms with Crippen LogP contribution in [0.3, 0.4) is 0 Å². The van der Waals surface area contributed by atoms with Gasteiger partial charge in [0.25, 0.3) is 0 Å². The van der Waals surface area contributed by atoms with E-state index >= 15 is 0 Å². The summed E-state index contributed by atoms with van der Waals surface area (Å²) in [6.07, 6.45) is 5.45. The number of pyridine rings is 1. The van der Waals surface area contributed by atoms with E-state index in [4.69, 9.17) is 5.73 Å². The van der Waals surface area contributed by atoms with Crippen molar-refractivity contribution >= 4 is 17.6 Å². The molecule has 0 saturated carbocycles. The van der Waals surface area contributed by atoms with Gasteiger partial charge < -0.3 is 10.3 Å². The second-order valence-corrected chi connectivity index (χ2v) is 4.14. The van der Waals surface area contributed by atoms with Gasteiger partial charge in [-0.2, -0.15) is 0 Å². The van der Waals surface area contributed by atoms with Gasteiger partial charge in [0, 0.05) is 31.4 Å².